The van der Waals surface area contributed by atoms with E-state index in [2.05, 4.69) is 4.74 Å². The lowest BCUT2D eigenvalue weighted by Crippen LogP contribution is -2.14. The van der Waals surface area contributed by atoms with Crippen molar-refractivity contribution in [2.75, 3.05) is 7.11 Å². The van der Waals surface area contributed by atoms with Gasteiger partial charge in [-0.25, -0.2) is 0 Å². The van der Waals surface area contributed by atoms with Crippen LogP contribution in [0.2, 0.25) is 0 Å². The smallest absolute Gasteiger partial charge is 0.417 e. The van der Waals surface area contributed by atoms with Gasteiger partial charge in [0.2, 0.25) is 0 Å². The molecule has 0 heterocycles. The number of esters is 1. The summed E-state index contributed by atoms with van der Waals surface area (Å²) in [4.78, 5) is 11.1. The third-order valence-electron chi connectivity index (χ3n) is 2.22. The normalized spacial score (nSPS) is 10.9. The van der Waals surface area contributed by atoms with Crippen LogP contribution in [0, 0.1) is 14.9 Å². The van der Waals surface area contributed by atoms with Crippen LogP contribution in [0.3, 0.4) is 0 Å². The Balaban J connectivity index is 3.41. The van der Waals surface area contributed by atoms with E-state index in [0.717, 1.165) is 13.2 Å². The quantitative estimate of drug-likeness (QED) is 0.595. The van der Waals surface area contributed by atoms with E-state index in [1.807, 2.05) is 0 Å². The van der Waals surface area contributed by atoms with Gasteiger partial charge in [-0.2, -0.15) is 18.4 Å². The van der Waals surface area contributed by atoms with Crippen molar-refractivity contribution in [3.05, 3.63) is 32.4 Å². The Morgan fingerprint density at radius 2 is 2.11 bits per heavy atom. The minimum atomic E-state index is -4.62. The molecule has 0 aromatic heterocycles. The molecule has 7 heteroatoms. The summed E-state index contributed by atoms with van der Waals surface area (Å²) in [6.45, 7) is 0. The van der Waals surface area contributed by atoms with Gasteiger partial charge >= 0.3 is 12.1 Å². The summed E-state index contributed by atoms with van der Waals surface area (Å²) in [5, 5.41) is 8.87. The van der Waals surface area contributed by atoms with Gasteiger partial charge in [-0.15, -0.1) is 0 Å². The number of nitrogens with zero attached hydrogens (tertiary/aromatic N) is 1. The predicted molar refractivity (Wildman–Crippen MR) is 64.6 cm³/mol. The molecule has 1 rings (SSSR count). The zero-order valence-corrected chi connectivity index (χ0v) is 11.3. The lowest BCUT2D eigenvalue weighted by Gasteiger charge is -2.13. The molecule has 18 heavy (non-hydrogen) atoms. The number of halogens is 4. The van der Waals surface area contributed by atoms with Crippen LogP contribution in [-0.4, -0.2) is 13.1 Å². The SMILES string of the molecule is COC(=O)Cc1c(I)ccc(C(F)(F)F)c1C#N. The van der Waals surface area contributed by atoms with E-state index in [-0.39, 0.29) is 12.0 Å². The molecule has 0 N–H and O–H groups in total. The van der Waals surface area contributed by atoms with E-state index in [0.29, 0.717) is 3.57 Å². The predicted octanol–water partition coefficient (Wildman–Crippen LogP) is 2.90. The minimum Gasteiger partial charge on any atom is -0.469 e. The first-order valence-corrected chi connectivity index (χ1v) is 5.74. The van der Waals surface area contributed by atoms with E-state index in [9.17, 15) is 18.0 Å². The van der Waals surface area contributed by atoms with E-state index in [4.69, 9.17) is 5.26 Å². The lowest BCUT2D eigenvalue weighted by atomic mass is 9.99. The van der Waals surface area contributed by atoms with Crippen LogP contribution >= 0.6 is 22.6 Å². The molecule has 0 saturated carbocycles. The summed E-state index contributed by atoms with van der Waals surface area (Å²) in [6, 6.07) is 3.57. The Morgan fingerprint density at radius 1 is 1.50 bits per heavy atom. The average molecular weight is 369 g/mol. The fraction of sp³-hybridized carbons (Fsp3) is 0.273. The van der Waals surface area contributed by atoms with E-state index in [1.165, 1.54) is 12.1 Å². The molecule has 1 aromatic rings. The van der Waals surface area contributed by atoms with Gasteiger partial charge < -0.3 is 4.74 Å². The molecule has 0 radical (unpaired) electrons. The van der Waals surface area contributed by atoms with Gasteiger partial charge in [0.1, 0.15) is 6.07 Å². The van der Waals surface area contributed by atoms with Crippen molar-refractivity contribution in [1.82, 2.24) is 0 Å². The highest BCUT2D eigenvalue weighted by Crippen LogP contribution is 2.34. The molecule has 0 aliphatic carbocycles. The zero-order valence-electron chi connectivity index (χ0n) is 9.14. The van der Waals surface area contributed by atoms with Crippen molar-refractivity contribution in [3.8, 4) is 6.07 Å². The largest absolute Gasteiger partial charge is 0.469 e. The Kier molecular flexibility index (Phi) is 4.56. The van der Waals surface area contributed by atoms with Gasteiger partial charge in [0.15, 0.2) is 0 Å². The Morgan fingerprint density at radius 3 is 2.56 bits per heavy atom. The van der Waals surface area contributed by atoms with Crippen LogP contribution in [0.5, 0.6) is 0 Å². The zero-order chi connectivity index (χ0) is 13.9. The molecule has 0 spiro atoms. The highest BCUT2D eigenvalue weighted by Gasteiger charge is 2.35. The van der Waals surface area contributed by atoms with Gasteiger partial charge in [-0.05, 0) is 40.3 Å². The number of benzene rings is 1. The maximum Gasteiger partial charge on any atom is 0.417 e. The van der Waals surface area contributed by atoms with Gasteiger partial charge in [-0.1, -0.05) is 0 Å². The molecule has 0 saturated heterocycles. The van der Waals surface area contributed by atoms with E-state index >= 15 is 0 Å². The molecule has 0 bridgehead atoms. The summed E-state index contributed by atoms with van der Waals surface area (Å²) in [6.07, 6.45) is -4.98. The standard InChI is InChI=1S/C11H7F3INO2/c1-18-10(17)4-6-7(5-16)8(11(12,13)14)2-3-9(6)15/h2-3H,4H2,1H3. The minimum absolute atomic E-state index is 0.0415. The highest BCUT2D eigenvalue weighted by molar-refractivity contribution is 14.1. The summed E-state index contributed by atoms with van der Waals surface area (Å²) < 4.78 is 42.9. The Labute approximate surface area is 115 Å². The molecular formula is C11H7F3INO2. The summed E-state index contributed by atoms with van der Waals surface area (Å²) in [7, 11) is 1.13. The van der Waals surface area contributed by atoms with Crippen molar-refractivity contribution >= 4 is 28.6 Å². The maximum atomic E-state index is 12.7. The number of methoxy groups -OCH3 is 1. The van der Waals surface area contributed by atoms with Crippen molar-refractivity contribution < 1.29 is 22.7 Å². The highest BCUT2D eigenvalue weighted by atomic mass is 127. The monoisotopic (exact) mass is 369 g/mol. The number of rotatable bonds is 2. The van der Waals surface area contributed by atoms with Crippen molar-refractivity contribution in [2.24, 2.45) is 0 Å². The number of carbonyl (C=O) groups is 1. The summed E-state index contributed by atoms with van der Waals surface area (Å²) in [5.41, 5.74) is -1.52. The molecule has 0 unspecified atom stereocenters. The van der Waals surface area contributed by atoms with Crippen LogP contribution in [0.1, 0.15) is 16.7 Å². The molecule has 0 atom stereocenters. The topological polar surface area (TPSA) is 50.1 Å². The number of alkyl halides is 3. The van der Waals surface area contributed by atoms with E-state index < -0.39 is 23.3 Å². The van der Waals surface area contributed by atoms with Crippen LogP contribution in [-0.2, 0) is 22.1 Å². The number of hydrogen-bond donors (Lipinski definition) is 0. The molecular weight excluding hydrogens is 362 g/mol. The second-order valence-corrected chi connectivity index (χ2v) is 4.47. The first-order valence-electron chi connectivity index (χ1n) is 4.66. The van der Waals surface area contributed by atoms with E-state index in [1.54, 1.807) is 22.6 Å². The molecule has 0 aliphatic heterocycles. The summed E-state index contributed by atoms with van der Waals surface area (Å²) in [5.74, 6) is -0.691. The van der Waals surface area contributed by atoms with Crippen molar-refractivity contribution in [1.29, 1.82) is 5.26 Å². The summed E-state index contributed by atoms with van der Waals surface area (Å²) >= 11 is 1.78. The van der Waals surface area contributed by atoms with Gasteiger partial charge in [0.05, 0.1) is 24.7 Å². The molecule has 0 amide bonds. The third-order valence-corrected chi connectivity index (χ3v) is 3.23. The van der Waals surface area contributed by atoms with Gasteiger partial charge in [-0.3, -0.25) is 4.79 Å². The van der Waals surface area contributed by atoms with Crippen LogP contribution < -0.4 is 0 Å². The third kappa shape index (κ3) is 3.13. The van der Waals surface area contributed by atoms with Crippen molar-refractivity contribution in [3.63, 3.8) is 0 Å². The fourth-order valence-corrected chi connectivity index (χ4v) is 2.02. The molecule has 96 valence electrons. The first-order chi connectivity index (χ1) is 8.31. The molecule has 0 fully saturated rings. The molecule has 1 aromatic carbocycles. The lowest BCUT2D eigenvalue weighted by molar-refractivity contribution is -0.140. The van der Waals surface area contributed by atoms with Crippen molar-refractivity contribution in [2.45, 2.75) is 12.6 Å². The number of nitriles is 1. The first kappa shape index (κ1) is 14.8. The van der Waals surface area contributed by atoms with Crippen LogP contribution in [0.4, 0.5) is 13.2 Å². The number of hydrogen-bond acceptors (Lipinski definition) is 3. The second-order valence-electron chi connectivity index (χ2n) is 3.31. The van der Waals surface area contributed by atoms with Crippen LogP contribution in [0.15, 0.2) is 12.1 Å². The second kappa shape index (κ2) is 5.56. The average Bonchev–Trinajstić information content (AvgIpc) is 2.29. The molecule has 3 nitrogen and oxygen atoms in total. The maximum absolute atomic E-state index is 12.7. The molecule has 0 aliphatic rings. The Bertz CT molecular complexity index is 520. The number of ether oxygens (including phenoxy) is 1. The van der Waals surface area contributed by atoms with Gasteiger partial charge in [0, 0.05) is 3.57 Å². The Hall–Kier alpha value is -1.30. The fourth-order valence-electron chi connectivity index (χ4n) is 1.38. The van der Waals surface area contributed by atoms with Crippen LogP contribution in [0.25, 0.3) is 0 Å². The number of carbonyl (C=O) groups excluding carboxylic acids is 1. The van der Waals surface area contributed by atoms with Gasteiger partial charge in [0.25, 0.3) is 0 Å².